The van der Waals surface area contributed by atoms with Crippen molar-refractivity contribution in [2.45, 2.75) is 38.1 Å². The minimum absolute atomic E-state index is 0.0350. The molecule has 3 amide bonds. The number of carbonyl (C=O) groups excluding carboxylic acids is 2. The highest BCUT2D eigenvalue weighted by atomic mass is 32.2. The molecular weight excluding hydrogens is 660 g/mol. The standard InChI is InChI=1S/C37H42N4O8S/c1-25(28-15-9-6-10-16-28)38-35(43)29-20-30(22-31(21-29)40(2)50(4,47)48)36(44)39-33(19-26-12-7-5-8-13-26)34(42)24-41(37(45)46)23-27-14-11-17-32(18-27)49-3/h5-18,20-22,25,33-34,42H,19,23-24H2,1-4H3,(H,38,43)(H,39,44)(H,45,46). The summed E-state index contributed by atoms with van der Waals surface area (Å²) in [5.41, 5.74) is 2.35. The van der Waals surface area contributed by atoms with E-state index in [9.17, 15) is 33.0 Å². The van der Waals surface area contributed by atoms with Crippen molar-refractivity contribution in [2.75, 3.05) is 31.3 Å². The number of methoxy groups -OCH3 is 1. The number of carbonyl (C=O) groups is 3. The zero-order valence-electron chi connectivity index (χ0n) is 28.3. The maximum atomic E-state index is 13.9. The lowest BCUT2D eigenvalue weighted by atomic mass is 9.99. The van der Waals surface area contributed by atoms with E-state index in [1.807, 2.05) is 48.5 Å². The second-order valence-electron chi connectivity index (χ2n) is 12.0. The molecule has 4 aromatic rings. The first kappa shape index (κ1) is 37.4. The summed E-state index contributed by atoms with van der Waals surface area (Å²) in [6.07, 6.45) is -1.49. The zero-order valence-corrected chi connectivity index (χ0v) is 29.1. The van der Waals surface area contributed by atoms with Crippen LogP contribution in [0.4, 0.5) is 10.5 Å². The Kier molecular flexibility index (Phi) is 12.6. The molecule has 3 atom stereocenters. The number of hydrogen-bond donors (Lipinski definition) is 4. The van der Waals surface area contributed by atoms with Gasteiger partial charge in [0.15, 0.2) is 0 Å². The number of rotatable bonds is 15. The van der Waals surface area contributed by atoms with E-state index in [1.54, 1.807) is 43.3 Å². The van der Waals surface area contributed by atoms with Gasteiger partial charge in [-0.2, -0.15) is 0 Å². The summed E-state index contributed by atoms with van der Waals surface area (Å²) in [4.78, 5) is 40.7. The number of amides is 3. The molecule has 264 valence electrons. The van der Waals surface area contributed by atoms with Crippen molar-refractivity contribution in [3.05, 3.63) is 131 Å². The van der Waals surface area contributed by atoms with Gasteiger partial charge in [-0.05, 0) is 60.4 Å². The van der Waals surface area contributed by atoms with Crippen molar-refractivity contribution in [3.63, 3.8) is 0 Å². The summed E-state index contributed by atoms with van der Waals surface area (Å²) in [6, 6.07) is 27.9. The number of benzene rings is 4. The van der Waals surface area contributed by atoms with E-state index in [4.69, 9.17) is 4.74 Å². The van der Waals surface area contributed by atoms with Gasteiger partial charge in [0.25, 0.3) is 11.8 Å². The van der Waals surface area contributed by atoms with Gasteiger partial charge >= 0.3 is 6.09 Å². The highest BCUT2D eigenvalue weighted by Crippen LogP contribution is 2.23. The fourth-order valence-electron chi connectivity index (χ4n) is 5.31. The largest absolute Gasteiger partial charge is 0.497 e. The van der Waals surface area contributed by atoms with Crippen LogP contribution in [0.25, 0.3) is 0 Å². The third kappa shape index (κ3) is 10.3. The molecule has 12 nitrogen and oxygen atoms in total. The van der Waals surface area contributed by atoms with Crippen molar-refractivity contribution in [1.82, 2.24) is 15.5 Å². The Bertz CT molecular complexity index is 1890. The SMILES string of the molecule is COc1cccc(CN(CC(O)C(Cc2ccccc2)NC(=O)c2cc(C(=O)NC(C)c3ccccc3)cc(N(C)S(C)(=O)=O)c2)C(=O)O)c1. The van der Waals surface area contributed by atoms with E-state index in [-0.39, 0.29) is 36.3 Å². The van der Waals surface area contributed by atoms with Crippen LogP contribution in [0.5, 0.6) is 5.75 Å². The van der Waals surface area contributed by atoms with Crippen LogP contribution in [0, 0.1) is 0 Å². The lowest BCUT2D eigenvalue weighted by molar-refractivity contribution is 0.0640. The molecular formula is C37H42N4O8S. The van der Waals surface area contributed by atoms with Gasteiger partial charge in [0.1, 0.15) is 5.75 Å². The predicted molar refractivity (Wildman–Crippen MR) is 191 cm³/mol. The van der Waals surface area contributed by atoms with Gasteiger partial charge in [-0.25, -0.2) is 13.2 Å². The summed E-state index contributed by atoms with van der Waals surface area (Å²) < 4.78 is 31.2. The molecule has 0 aliphatic carbocycles. The Labute approximate surface area is 292 Å². The molecule has 3 unspecified atom stereocenters. The molecule has 0 radical (unpaired) electrons. The Morgan fingerprint density at radius 3 is 1.98 bits per heavy atom. The van der Waals surface area contributed by atoms with Gasteiger partial charge in [-0.1, -0.05) is 72.8 Å². The average molecular weight is 703 g/mol. The van der Waals surface area contributed by atoms with Crippen LogP contribution in [0.15, 0.2) is 103 Å². The quantitative estimate of drug-likeness (QED) is 0.141. The Morgan fingerprint density at radius 2 is 1.40 bits per heavy atom. The van der Waals surface area contributed by atoms with E-state index in [0.717, 1.165) is 26.6 Å². The van der Waals surface area contributed by atoms with Crippen molar-refractivity contribution < 1.29 is 37.8 Å². The first-order valence-corrected chi connectivity index (χ1v) is 17.7. The second kappa shape index (κ2) is 16.8. The summed E-state index contributed by atoms with van der Waals surface area (Å²) >= 11 is 0. The van der Waals surface area contributed by atoms with Gasteiger partial charge in [-0.15, -0.1) is 0 Å². The van der Waals surface area contributed by atoms with E-state index >= 15 is 0 Å². The monoisotopic (exact) mass is 702 g/mol. The summed E-state index contributed by atoms with van der Waals surface area (Å²) in [5.74, 6) is -0.683. The number of ether oxygens (including phenoxy) is 1. The molecule has 0 aliphatic rings. The Morgan fingerprint density at radius 1 is 0.820 bits per heavy atom. The van der Waals surface area contributed by atoms with Crippen molar-refractivity contribution in [3.8, 4) is 5.75 Å². The van der Waals surface area contributed by atoms with E-state index in [1.165, 1.54) is 32.4 Å². The normalized spacial score (nSPS) is 13.0. The number of nitrogens with zero attached hydrogens (tertiary/aromatic N) is 2. The minimum atomic E-state index is -3.78. The Balaban J connectivity index is 1.64. The summed E-state index contributed by atoms with van der Waals surface area (Å²) in [7, 11) is -0.960. The Hall–Kier alpha value is -5.40. The third-order valence-electron chi connectivity index (χ3n) is 8.22. The van der Waals surface area contributed by atoms with Crippen molar-refractivity contribution >= 4 is 33.6 Å². The van der Waals surface area contributed by atoms with Crippen LogP contribution >= 0.6 is 0 Å². The number of aliphatic hydroxyl groups excluding tert-OH is 1. The maximum absolute atomic E-state index is 13.9. The maximum Gasteiger partial charge on any atom is 0.407 e. The van der Waals surface area contributed by atoms with Crippen molar-refractivity contribution in [2.24, 2.45) is 0 Å². The van der Waals surface area contributed by atoms with Crippen molar-refractivity contribution in [1.29, 1.82) is 0 Å². The van der Waals surface area contributed by atoms with Gasteiger partial charge in [-0.3, -0.25) is 13.9 Å². The molecule has 50 heavy (non-hydrogen) atoms. The zero-order chi connectivity index (χ0) is 36.4. The van der Waals surface area contributed by atoms with Gasteiger partial charge in [0.2, 0.25) is 10.0 Å². The number of hydrogen-bond acceptors (Lipinski definition) is 7. The number of sulfonamides is 1. The molecule has 13 heteroatoms. The van der Waals surface area contributed by atoms with Gasteiger partial charge < -0.3 is 30.5 Å². The summed E-state index contributed by atoms with van der Waals surface area (Å²) in [5, 5.41) is 27.2. The number of carboxylic acid groups (broad SMARTS) is 1. The molecule has 4 rings (SSSR count). The fraction of sp³-hybridized carbons (Fsp3) is 0.270. The molecule has 0 spiro atoms. The van der Waals surface area contributed by atoms with E-state index < -0.39 is 46.1 Å². The fourth-order valence-corrected chi connectivity index (χ4v) is 5.80. The van der Waals surface area contributed by atoms with Crippen LogP contribution in [-0.4, -0.2) is 80.5 Å². The number of anilines is 1. The molecule has 0 fully saturated rings. The van der Waals surface area contributed by atoms with Crippen LogP contribution < -0.4 is 19.7 Å². The average Bonchev–Trinajstić information content (AvgIpc) is 3.10. The highest BCUT2D eigenvalue weighted by molar-refractivity contribution is 7.92. The first-order valence-electron chi connectivity index (χ1n) is 15.8. The number of nitrogens with one attached hydrogen (secondary N) is 2. The van der Waals surface area contributed by atoms with Gasteiger partial charge in [0.05, 0.1) is 43.8 Å². The predicted octanol–water partition coefficient (Wildman–Crippen LogP) is 4.46. The molecule has 4 N–H and O–H groups in total. The molecule has 4 aromatic carbocycles. The first-order chi connectivity index (χ1) is 23.7. The highest BCUT2D eigenvalue weighted by Gasteiger charge is 2.28. The van der Waals surface area contributed by atoms with Gasteiger partial charge in [0, 0.05) is 24.7 Å². The lowest BCUT2D eigenvalue weighted by Crippen LogP contribution is -2.50. The van der Waals surface area contributed by atoms with Crippen LogP contribution in [0.3, 0.4) is 0 Å². The van der Waals surface area contributed by atoms with Crippen LogP contribution in [0.1, 0.15) is 50.4 Å². The molecule has 0 saturated heterocycles. The second-order valence-corrected chi connectivity index (χ2v) is 14.0. The van der Waals surface area contributed by atoms with E-state index in [2.05, 4.69) is 10.6 Å². The third-order valence-corrected chi connectivity index (χ3v) is 9.42. The van der Waals surface area contributed by atoms with Crippen LogP contribution in [0.2, 0.25) is 0 Å². The molecule has 0 aliphatic heterocycles. The lowest BCUT2D eigenvalue weighted by Gasteiger charge is -2.29. The van der Waals surface area contributed by atoms with Crippen LogP contribution in [-0.2, 0) is 23.0 Å². The minimum Gasteiger partial charge on any atom is -0.497 e. The summed E-state index contributed by atoms with van der Waals surface area (Å²) in [6.45, 7) is 1.42. The molecule has 0 bridgehead atoms. The van der Waals surface area contributed by atoms with E-state index in [0.29, 0.717) is 11.3 Å². The molecule has 0 aromatic heterocycles. The number of aliphatic hydroxyl groups is 1. The molecule has 0 heterocycles. The molecule has 0 saturated carbocycles. The smallest absolute Gasteiger partial charge is 0.407 e. The topological polar surface area (TPSA) is 166 Å².